The first-order chi connectivity index (χ1) is 11.1. The van der Waals surface area contributed by atoms with Crippen LogP contribution in [0, 0.1) is 35.8 Å². The molecular formula is C17H18F2N2O2. The monoisotopic (exact) mass is 320 g/mol. The predicted molar refractivity (Wildman–Crippen MR) is 81.7 cm³/mol. The maximum atomic E-state index is 13.5. The molecule has 3 aliphatic heterocycles. The number of amides is 1. The molecule has 1 unspecified atom stereocenters. The largest absolute Gasteiger partial charge is 0.448 e. The quantitative estimate of drug-likeness (QED) is 0.871. The summed E-state index contributed by atoms with van der Waals surface area (Å²) in [7, 11) is 0. The van der Waals surface area contributed by atoms with Crippen molar-refractivity contribution >= 4 is 11.8 Å². The van der Waals surface area contributed by atoms with Crippen LogP contribution >= 0.6 is 0 Å². The van der Waals surface area contributed by atoms with Crippen molar-refractivity contribution in [3.63, 3.8) is 0 Å². The number of hydrogen-bond acceptors (Lipinski definition) is 3. The highest BCUT2D eigenvalue weighted by Gasteiger charge is 2.39. The first kappa shape index (κ1) is 15.8. The highest BCUT2D eigenvalue weighted by molar-refractivity contribution is 5.84. The van der Waals surface area contributed by atoms with Crippen LogP contribution in [0.2, 0.25) is 0 Å². The van der Waals surface area contributed by atoms with Gasteiger partial charge in [-0.15, -0.1) is 12.3 Å². The van der Waals surface area contributed by atoms with Crippen molar-refractivity contribution in [2.45, 2.75) is 18.9 Å². The number of carbonyl (C=O) groups excluding carboxylic acids is 1. The van der Waals surface area contributed by atoms with Crippen LogP contribution in [0.1, 0.15) is 12.8 Å². The maximum absolute atomic E-state index is 13.5. The summed E-state index contributed by atoms with van der Waals surface area (Å²) < 4.78 is 31.5. The van der Waals surface area contributed by atoms with Gasteiger partial charge in [-0.25, -0.2) is 13.6 Å². The molecule has 1 N–H and O–H groups in total. The number of nitrogens with zero attached hydrogens (tertiary/aromatic N) is 1. The number of halogens is 2. The second-order valence-corrected chi connectivity index (χ2v) is 6.05. The molecule has 1 aromatic rings. The number of fused-ring (bicyclic) bond motifs is 3. The average molecular weight is 320 g/mol. The third-order valence-corrected chi connectivity index (χ3v) is 4.67. The molecule has 1 amide bonds. The van der Waals surface area contributed by atoms with Crippen molar-refractivity contribution in [2.75, 3.05) is 25.0 Å². The van der Waals surface area contributed by atoms with E-state index in [4.69, 9.17) is 11.2 Å². The Morgan fingerprint density at radius 2 is 2.30 bits per heavy atom. The minimum atomic E-state index is -0.834. The van der Waals surface area contributed by atoms with Gasteiger partial charge in [0, 0.05) is 24.6 Å². The molecule has 0 radical (unpaired) electrons. The van der Waals surface area contributed by atoms with Crippen molar-refractivity contribution in [3.8, 4) is 12.3 Å². The zero-order valence-corrected chi connectivity index (χ0v) is 12.6. The summed E-state index contributed by atoms with van der Waals surface area (Å²) in [4.78, 5) is 14.0. The fourth-order valence-corrected chi connectivity index (χ4v) is 3.41. The molecule has 0 aromatic heterocycles. The number of benzene rings is 1. The SMILES string of the molecule is C#C[C@@H]1CN2CC[C@H]1C[C@@H]2COC(=O)Nc1ccc(F)cc1F. The molecule has 1 aromatic carbocycles. The summed E-state index contributed by atoms with van der Waals surface area (Å²) in [5, 5.41) is 2.29. The molecule has 3 fully saturated rings. The molecule has 122 valence electrons. The Morgan fingerprint density at radius 1 is 1.48 bits per heavy atom. The maximum Gasteiger partial charge on any atom is 0.411 e. The molecule has 2 bridgehead atoms. The molecular weight excluding hydrogens is 302 g/mol. The summed E-state index contributed by atoms with van der Waals surface area (Å²) in [6.07, 6.45) is 6.78. The normalized spacial score (nSPS) is 28.9. The Morgan fingerprint density at radius 3 is 2.96 bits per heavy atom. The smallest absolute Gasteiger partial charge is 0.411 e. The van der Waals surface area contributed by atoms with Gasteiger partial charge in [0.15, 0.2) is 0 Å². The lowest BCUT2D eigenvalue weighted by atomic mass is 9.76. The van der Waals surface area contributed by atoms with Crippen LogP contribution < -0.4 is 5.32 Å². The van der Waals surface area contributed by atoms with Crippen LogP contribution in [0.5, 0.6) is 0 Å². The van der Waals surface area contributed by atoms with E-state index in [2.05, 4.69) is 16.1 Å². The van der Waals surface area contributed by atoms with Gasteiger partial charge in [0.1, 0.15) is 18.2 Å². The topological polar surface area (TPSA) is 41.6 Å². The third-order valence-electron chi connectivity index (χ3n) is 4.67. The van der Waals surface area contributed by atoms with E-state index in [1.807, 2.05) is 0 Å². The van der Waals surface area contributed by atoms with Gasteiger partial charge in [0.2, 0.25) is 0 Å². The van der Waals surface area contributed by atoms with Gasteiger partial charge < -0.3 is 4.74 Å². The lowest BCUT2D eigenvalue weighted by molar-refractivity contribution is -0.00666. The molecule has 3 saturated heterocycles. The number of carbonyl (C=O) groups is 1. The van der Waals surface area contributed by atoms with E-state index in [0.717, 1.165) is 38.1 Å². The Labute approximate surface area is 133 Å². The molecule has 4 rings (SSSR count). The van der Waals surface area contributed by atoms with Gasteiger partial charge in [-0.1, -0.05) is 0 Å². The summed E-state index contributed by atoms with van der Waals surface area (Å²) in [6, 6.07) is 3.10. The van der Waals surface area contributed by atoms with Crippen molar-refractivity contribution in [2.24, 2.45) is 11.8 Å². The Balaban J connectivity index is 1.51. The molecule has 3 aliphatic rings. The molecule has 3 heterocycles. The predicted octanol–water partition coefficient (Wildman–Crippen LogP) is 2.86. The number of nitrogens with one attached hydrogen (secondary N) is 1. The fourth-order valence-electron chi connectivity index (χ4n) is 3.41. The van der Waals surface area contributed by atoms with Crippen molar-refractivity contribution in [1.82, 2.24) is 4.90 Å². The van der Waals surface area contributed by atoms with Crippen molar-refractivity contribution in [3.05, 3.63) is 29.8 Å². The van der Waals surface area contributed by atoms with Crippen molar-refractivity contribution < 1.29 is 18.3 Å². The molecule has 4 atom stereocenters. The van der Waals surface area contributed by atoms with Gasteiger partial charge >= 0.3 is 6.09 Å². The van der Waals surface area contributed by atoms with E-state index >= 15 is 0 Å². The summed E-state index contributed by atoms with van der Waals surface area (Å²) in [5.41, 5.74) is -0.103. The van der Waals surface area contributed by atoms with Gasteiger partial charge in [-0.05, 0) is 37.4 Å². The number of piperidine rings is 3. The van der Waals surface area contributed by atoms with E-state index in [1.54, 1.807) is 0 Å². The van der Waals surface area contributed by atoms with Crippen molar-refractivity contribution in [1.29, 1.82) is 0 Å². The van der Waals surface area contributed by atoms with Crippen LogP contribution in [-0.2, 0) is 4.74 Å². The van der Waals surface area contributed by atoms with E-state index in [9.17, 15) is 13.6 Å². The summed E-state index contributed by atoms with van der Waals surface area (Å²) in [6.45, 7) is 2.04. The van der Waals surface area contributed by atoms with Gasteiger partial charge in [0.25, 0.3) is 0 Å². The number of terminal acetylenes is 1. The van der Waals surface area contributed by atoms with Gasteiger partial charge in [0.05, 0.1) is 5.69 Å². The van der Waals surface area contributed by atoms with Gasteiger partial charge in [-0.2, -0.15) is 0 Å². The first-order valence-electron chi connectivity index (χ1n) is 7.66. The number of rotatable bonds is 3. The van der Waals surface area contributed by atoms with Crippen LogP contribution in [0.15, 0.2) is 18.2 Å². The molecule has 6 heteroatoms. The molecule has 0 saturated carbocycles. The second kappa shape index (κ2) is 6.55. The standard InChI is InChI=1S/C17H18F2N2O2/c1-2-11-9-21-6-5-12(11)7-14(21)10-23-17(22)20-16-4-3-13(18)8-15(16)19/h1,3-4,8,11-12,14H,5-7,9-10H2,(H,20,22)/t11-,12+,14-/m1/s1. The molecule has 0 aliphatic carbocycles. The first-order valence-corrected chi connectivity index (χ1v) is 7.66. The Bertz CT molecular complexity index is 644. The second-order valence-electron chi connectivity index (χ2n) is 6.05. The molecule has 23 heavy (non-hydrogen) atoms. The van der Waals surface area contributed by atoms with Crippen LogP contribution in [0.4, 0.5) is 19.3 Å². The zero-order valence-electron chi connectivity index (χ0n) is 12.6. The van der Waals surface area contributed by atoms with E-state index < -0.39 is 17.7 Å². The van der Waals surface area contributed by atoms with Crippen LogP contribution in [0.3, 0.4) is 0 Å². The number of anilines is 1. The Hall–Kier alpha value is -2.13. The van der Waals surface area contributed by atoms with E-state index in [0.29, 0.717) is 12.0 Å². The average Bonchev–Trinajstić information content (AvgIpc) is 2.56. The van der Waals surface area contributed by atoms with Gasteiger partial charge in [-0.3, -0.25) is 10.2 Å². The van der Waals surface area contributed by atoms with E-state index in [1.165, 1.54) is 0 Å². The summed E-state index contributed by atoms with van der Waals surface area (Å²) in [5.74, 6) is 2.06. The highest BCUT2D eigenvalue weighted by atomic mass is 19.1. The number of hydrogen-bond donors (Lipinski definition) is 1. The minimum Gasteiger partial charge on any atom is -0.448 e. The lowest BCUT2D eigenvalue weighted by Crippen LogP contribution is -2.54. The van der Waals surface area contributed by atoms with E-state index in [-0.39, 0.29) is 24.3 Å². The zero-order chi connectivity index (χ0) is 16.4. The fraction of sp³-hybridized carbons (Fsp3) is 0.471. The molecule has 0 spiro atoms. The Kier molecular flexibility index (Phi) is 4.49. The van der Waals surface area contributed by atoms with Crippen LogP contribution in [0.25, 0.3) is 0 Å². The summed E-state index contributed by atoms with van der Waals surface area (Å²) >= 11 is 0. The lowest BCUT2D eigenvalue weighted by Gasteiger charge is -2.48. The third kappa shape index (κ3) is 3.45. The molecule has 4 nitrogen and oxygen atoms in total. The number of ether oxygens (including phenoxy) is 1. The highest BCUT2D eigenvalue weighted by Crippen LogP contribution is 2.35. The minimum absolute atomic E-state index is 0.103. The van der Waals surface area contributed by atoms with Crippen LogP contribution in [-0.4, -0.2) is 36.7 Å².